The topological polar surface area (TPSA) is 57.2 Å². The summed E-state index contributed by atoms with van der Waals surface area (Å²) in [6, 6.07) is 0. The summed E-state index contributed by atoms with van der Waals surface area (Å²) >= 11 is 0. The van der Waals surface area contributed by atoms with Gasteiger partial charge in [0.1, 0.15) is 12.4 Å². The summed E-state index contributed by atoms with van der Waals surface area (Å²) in [5.41, 5.74) is 0.0696. The summed E-state index contributed by atoms with van der Waals surface area (Å²) in [4.78, 5) is 22.0. The van der Waals surface area contributed by atoms with Crippen molar-refractivity contribution in [2.24, 2.45) is 0 Å². The average Bonchev–Trinajstić information content (AvgIpc) is 2.48. The molecule has 4 heteroatoms. The van der Waals surface area contributed by atoms with Crippen molar-refractivity contribution in [3.63, 3.8) is 0 Å². The SMILES string of the molecule is C=C[N+]1(C=C(C)C(=O)[O-])CCCC1=O. The third-order valence-electron chi connectivity index (χ3n) is 2.45. The van der Waals surface area contributed by atoms with Crippen LogP contribution in [0.25, 0.3) is 0 Å². The summed E-state index contributed by atoms with van der Waals surface area (Å²) < 4.78 is -0.0696. The van der Waals surface area contributed by atoms with Crippen LogP contribution in [0.4, 0.5) is 0 Å². The van der Waals surface area contributed by atoms with Crippen molar-refractivity contribution in [3.05, 3.63) is 24.6 Å². The van der Waals surface area contributed by atoms with Gasteiger partial charge in [-0.15, -0.1) is 0 Å². The van der Waals surface area contributed by atoms with Crippen LogP contribution in [-0.4, -0.2) is 22.9 Å². The van der Waals surface area contributed by atoms with Gasteiger partial charge >= 0.3 is 5.91 Å². The molecule has 1 aliphatic heterocycles. The fourth-order valence-corrected chi connectivity index (χ4v) is 1.61. The van der Waals surface area contributed by atoms with E-state index in [2.05, 4.69) is 6.58 Å². The van der Waals surface area contributed by atoms with E-state index in [-0.39, 0.29) is 16.0 Å². The number of hydrogen-bond donors (Lipinski definition) is 0. The van der Waals surface area contributed by atoms with Crippen LogP contribution < -0.4 is 5.11 Å². The average molecular weight is 195 g/mol. The van der Waals surface area contributed by atoms with Crippen molar-refractivity contribution in [2.45, 2.75) is 19.8 Å². The number of carboxylic acid groups (broad SMARTS) is 1. The predicted octanol–water partition coefficient (Wildman–Crippen LogP) is -0.0792. The molecule has 0 radical (unpaired) electrons. The second-order valence-corrected chi connectivity index (χ2v) is 3.43. The van der Waals surface area contributed by atoms with E-state index in [0.717, 1.165) is 6.42 Å². The van der Waals surface area contributed by atoms with Crippen LogP contribution >= 0.6 is 0 Å². The highest BCUT2D eigenvalue weighted by Gasteiger charge is 2.37. The second-order valence-electron chi connectivity index (χ2n) is 3.43. The maximum Gasteiger partial charge on any atom is 0.323 e. The number of carbonyl (C=O) groups excluding carboxylic acids is 2. The van der Waals surface area contributed by atoms with Crippen LogP contribution in [0.5, 0.6) is 0 Å². The molecule has 1 saturated heterocycles. The lowest BCUT2D eigenvalue weighted by Crippen LogP contribution is -2.39. The Bertz CT molecular complexity index is 319. The second kappa shape index (κ2) is 3.75. The molecule has 0 aliphatic carbocycles. The highest BCUT2D eigenvalue weighted by Crippen LogP contribution is 2.23. The Morgan fingerprint density at radius 2 is 2.29 bits per heavy atom. The summed E-state index contributed by atoms with van der Waals surface area (Å²) in [5, 5.41) is 10.5. The molecule has 1 amide bonds. The third kappa shape index (κ3) is 1.75. The summed E-state index contributed by atoms with van der Waals surface area (Å²) in [6.07, 6.45) is 4.12. The van der Waals surface area contributed by atoms with Crippen molar-refractivity contribution >= 4 is 11.9 Å². The lowest BCUT2D eigenvalue weighted by Gasteiger charge is -2.22. The number of carbonyl (C=O) groups is 2. The van der Waals surface area contributed by atoms with E-state index in [9.17, 15) is 14.7 Å². The summed E-state index contributed by atoms with van der Waals surface area (Å²) in [5.74, 6) is -1.26. The number of quaternary nitrogens is 1. The first-order chi connectivity index (χ1) is 6.52. The highest BCUT2D eigenvalue weighted by atomic mass is 16.4. The number of amides is 1. The van der Waals surface area contributed by atoms with Gasteiger partial charge in [0.05, 0.1) is 18.9 Å². The first kappa shape index (κ1) is 10.7. The van der Waals surface area contributed by atoms with E-state index in [1.54, 1.807) is 0 Å². The monoisotopic (exact) mass is 195 g/mol. The Morgan fingerprint density at radius 1 is 1.64 bits per heavy atom. The largest absolute Gasteiger partial charge is 0.545 e. The van der Waals surface area contributed by atoms with Gasteiger partial charge in [-0.2, -0.15) is 0 Å². The molecule has 0 N–H and O–H groups in total. The van der Waals surface area contributed by atoms with Gasteiger partial charge in [0.2, 0.25) is 0 Å². The van der Waals surface area contributed by atoms with Crippen LogP contribution in [0, 0.1) is 0 Å². The Hall–Kier alpha value is -1.42. The summed E-state index contributed by atoms with van der Waals surface area (Å²) in [6.45, 7) is 5.58. The van der Waals surface area contributed by atoms with E-state index in [1.807, 2.05) is 0 Å². The van der Waals surface area contributed by atoms with Gasteiger partial charge in [0, 0.05) is 12.0 Å². The zero-order valence-corrected chi connectivity index (χ0v) is 8.16. The molecular weight excluding hydrogens is 182 g/mol. The van der Waals surface area contributed by atoms with Crippen LogP contribution in [0.3, 0.4) is 0 Å². The number of aliphatic carboxylic acids is 1. The van der Waals surface area contributed by atoms with Gasteiger partial charge in [-0.25, -0.2) is 9.28 Å². The van der Waals surface area contributed by atoms with Gasteiger partial charge in [-0.1, -0.05) is 0 Å². The quantitative estimate of drug-likeness (QED) is 0.467. The van der Waals surface area contributed by atoms with Crippen molar-refractivity contribution in [1.29, 1.82) is 0 Å². The van der Waals surface area contributed by atoms with Gasteiger partial charge in [0.15, 0.2) is 0 Å². The number of rotatable bonds is 3. The molecule has 1 aliphatic rings. The number of hydrogen-bond acceptors (Lipinski definition) is 3. The van der Waals surface area contributed by atoms with E-state index in [4.69, 9.17) is 0 Å². The molecule has 0 bridgehead atoms. The minimum atomic E-state index is -1.25. The van der Waals surface area contributed by atoms with Crippen LogP contribution in [0.2, 0.25) is 0 Å². The van der Waals surface area contributed by atoms with Crippen LogP contribution in [-0.2, 0) is 9.59 Å². The van der Waals surface area contributed by atoms with Gasteiger partial charge in [0.25, 0.3) is 0 Å². The van der Waals surface area contributed by atoms with Crippen molar-refractivity contribution in [3.8, 4) is 0 Å². The molecule has 1 unspecified atom stereocenters. The Labute approximate surface area is 82.7 Å². The fourth-order valence-electron chi connectivity index (χ4n) is 1.61. The van der Waals surface area contributed by atoms with E-state index in [1.165, 1.54) is 19.3 Å². The van der Waals surface area contributed by atoms with Crippen LogP contribution in [0.15, 0.2) is 24.6 Å². The third-order valence-corrected chi connectivity index (χ3v) is 2.45. The lowest BCUT2D eigenvalue weighted by molar-refractivity contribution is -0.739. The molecule has 0 aromatic heterocycles. The Balaban J connectivity index is 3.03. The number of carboxylic acids is 1. The van der Waals surface area contributed by atoms with Crippen molar-refractivity contribution in [1.82, 2.24) is 0 Å². The van der Waals surface area contributed by atoms with E-state index in [0.29, 0.717) is 13.0 Å². The summed E-state index contributed by atoms with van der Waals surface area (Å²) in [7, 11) is 0. The predicted molar refractivity (Wildman–Crippen MR) is 48.3 cm³/mol. The highest BCUT2D eigenvalue weighted by molar-refractivity contribution is 5.84. The fraction of sp³-hybridized carbons (Fsp3) is 0.400. The Kier molecular flexibility index (Phi) is 2.86. The zero-order chi connectivity index (χ0) is 10.8. The molecule has 0 saturated carbocycles. The minimum Gasteiger partial charge on any atom is -0.545 e. The lowest BCUT2D eigenvalue weighted by atomic mass is 10.3. The standard InChI is InChI=1S/C10H13NO3/c1-3-11(6-4-5-9(11)12)7-8(2)10(13)14/h3,7H,1,4-6H2,2H3. The molecule has 1 atom stereocenters. The number of nitrogens with zero attached hydrogens (tertiary/aromatic N) is 1. The molecule has 0 aromatic carbocycles. The molecule has 0 aromatic rings. The molecule has 1 heterocycles. The van der Waals surface area contributed by atoms with Gasteiger partial charge in [-0.3, -0.25) is 0 Å². The molecule has 1 fully saturated rings. The molecule has 76 valence electrons. The maximum absolute atomic E-state index is 11.5. The van der Waals surface area contributed by atoms with E-state index < -0.39 is 5.97 Å². The zero-order valence-electron chi connectivity index (χ0n) is 8.16. The normalized spacial score (nSPS) is 27.8. The van der Waals surface area contributed by atoms with Gasteiger partial charge in [-0.05, 0) is 13.5 Å². The minimum absolute atomic E-state index is 0.0133. The Morgan fingerprint density at radius 3 is 2.64 bits per heavy atom. The van der Waals surface area contributed by atoms with Crippen LogP contribution in [0.1, 0.15) is 19.8 Å². The smallest absolute Gasteiger partial charge is 0.323 e. The van der Waals surface area contributed by atoms with Gasteiger partial charge < -0.3 is 9.90 Å². The molecular formula is C10H13NO3. The van der Waals surface area contributed by atoms with Crippen molar-refractivity contribution < 1.29 is 19.2 Å². The molecule has 4 nitrogen and oxygen atoms in total. The van der Waals surface area contributed by atoms with E-state index >= 15 is 0 Å². The van der Waals surface area contributed by atoms with Crippen molar-refractivity contribution in [2.75, 3.05) is 6.54 Å². The number of likely N-dealkylation sites (tertiary alicyclic amines) is 1. The first-order valence-corrected chi connectivity index (χ1v) is 4.47. The molecule has 14 heavy (non-hydrogen) atoms. The molecule has 1 rings (SSSR count). The first-order valence-electron chi connectivity index (χ1n) is 4.47. The molecule has 0 spiro atoms. The maximum atomic E-state index is 11.5.